The van der Waals surface area contributed by atoms with Gasteiger partial charge in [-0.05, 0) is 57.4 Å². The van der Waals surface area contributed by atoms with Gasteiger partial charge in [0.2, 0.25) is 0 Å². The SMILES string of the molecule is CCCOc1ccc(C(C)NC(=O)c2cc(C)oc2C)cc1OCCC. The van der Waals surface area contributed by atoms with Gasteiger partial charge in [-0.25, -0.2) is 0 Å². The van der Waals surface area contributed by atoms with E-state index in [4.69, 9.17) is 13.9 Å². The third kappa shape index (κ3) is 5.04. The smallest absolute Gasteiger partial charge is 0.255 e. The normalized spacial score (nSPS) is 11.9. The Hall–Kier alpha value is -2.43. The van der Waals surface area contributed by atoms with Crippen molar-refractivity contribution in [1.29, 1.82) is 0 Å². The van der Waals surface area contributed by atoms with Gasteiger partial charge < -0.3 is 19.2 Å². The van der Waals surface area contributed by atoms with Gasteiger partial charge in [0.1, 0.15) is 11.5 Å². The van der Waals surface area contributed by atoms with Crippen molar-refractivity contribution in [2.24, 2.45) is 0 Å². The number of hydrogen-bond acceptors (Lipinski definition) is 4. The van der Waals surface area contributed by atoms with Gasteiger partial charge in [-0.1, -0.05) is 19.9 Å². The standard InChI is InChI=1S/C21H29NO4/c1-6-10-24-19-9-8-17(13-20(19)25-11-7-2)15(4)22-21(23)18-12-14(3)26-16(18)5/h8-9,12-13,15H,6-7,10-11H2,1-5H3,(H,22,23). The molecule has 1 N–H and O–H groups in total. The van der Waals surface area contributed by atoms with Gasteiger partial charge in [0.05, 0.1) is 24.8 Å². The first-order chi connectivity index (χ1) is 12.5. The molecule has 26 heavy (non-hydrogen) atoms. The fourth-order valence-corrected chi connectivity index (χ4v) is 2.66. The Morgan fingerprint density at radius 1 is 1.08 bits per heavy atom. The lowest BCUT2D eigenvalue weighted by Crippen LogP contribution is -2.26. The molecule has 1 aromatic carbocycles. The molecule has 0 aliphatic carbocycles. The van der Waals surface area contributed by atoms with E-state index < -0.39 is 0 Å². The second-order valence-corrected chi connectivity index (χ2v) is 6.43. The maximum atomic E-state index is 12.5. The van der Waals surface area contributed by atoms with Crippen LogP contribution >= 0.6 is 0 Å². The Balaban J connectivity index is 2.15. The highest BCUT2D eigenvalue weighted by Crippen LogP contribution is 2.31. The molecule has 1 atom stereocenters. The monoisotopic (exact) mass is 359 g/mol. The maximum absolute atomic E-state index is 12.5. The van der Waals surface area contributed by atoms with E-state index in [1.807, 2.05) is 32.0 Å². The fourth-order valence-electron chi connectivity index (χ4n) is 2.66. The summed E-state index contributed by atoms with van der Waals surface area (Å²) in [6.45, 7) is 11.0. The lowest BCUT2D eigenvalue weighted by atomic mass is 10.1. The van der Waals surface area contributed by atoms with Crippen molar-refractivity contribution < 1.29 is 18.7 Å². The number of rotatable bonds is 9. The highest BCUT2D eigenvalue weighted by molar-refractivity contribution is 5.95. The van der Waals surface area contributed by atoms with Crippen molar-refractivity contribution in [3.63, 3.8) is 0 Å². The molecule has 0 aliphatic rings. The number of nitrogens with one attached hydrogen (secondary N) is 1. The number of furan rings is 1. The molecule has 0 aliphatic heterocycles. The Morgan fingerprint density at radius 2 is 1.73 bits per heavy atom. The molecule has 1 heterocycles. The summed E-state index contributed by atoms with van der Waals surface area (Å²) >= 11 is 0. The summed E-state index contributed by atoms with van der Waals surface area (Å²) in [4.78, 5) is 12.5. The van der Waals surface area contributed by atoms with Crippen molar-refractivity contribution in [1.82, 2.24) is 5.32 Å². The van der Waals surface area contributed by atoms with Crippen molar-refractivity contribution in [2.45, 2.75) is 53.5 Å². The molecule has 0 saturated carbocycles. The highest BCUT2D eigenvalue weighted by Gasteiger charge is 2.18. The molecule has 2 aromatic rings. The Labute approximate surface area is 155 Å². The second kappa shape index (κ2) is 9.32. The molecular formula is C21H29NO4. The van der Waals surface area contributed by atoms with Gasteiger partial charge in [-0.2, -0.15) is 0 Å². The topological polar surface area (TPSA) is 60.7 Å². The predicted molar refractivity (Wildman–Crippen MR) is 102 cm³/mol. The van der Waals surface area contributed by atoms with Crippen LogP contribution in [-0.2, 0) is 0 Å². The summed E-state index contributed by atoms with van der Waals surface area (Å²) in [6.07, 6.45) is 1.85. The van der Waals surface area contributed by atoms with Crippen LogP contribution in [0.25, 0.3) is 0 Å². The van der Waals surface area contributed by atoms with Crippen LogP contribution in [0.1, 0.15) is 67.1 Å². The van der Waals surface area contributed by atoms with Crippen molar-refractivity contribution in [3.05, 3.63) is 46.9 Å². The van der Waals surface area contributed by atoms with Gasteiger partial charge in [-0.3, -0.25) is 4.79 Å². The molecule has 142 valence electrons. The van der Waals surface area contributed by atoms with E-state index in [1.54, 1.807) is 13.0 Å². The van der Waals surface area contributed by atoms with E-state index in [-0.39, 0.29) is 11.9 Å². The van der Waals surface area contributed by atoms with Gasteiger partial charge >= 0.3 is 0 Å². The largest absolute Gasteiger partial charge is 0.490 e. The first-order valence-electron chi connectivity index (χ1n) is 9.23. The van der Waals surface area contributed by atoms with Crippen LogP contribution in [-0.4, -0.2) is 19.1 Å². The molecule has 5 nitrogen and oxygen atoms in total. The molecule has 0 spiro atoms. The van der Waals surface area contributed by atoms with Gasteiger partial charge in [0.25, 0.3) is 5.91 Å². The molecule has 1 unspecified atom stereocenters. The van der Waals surface area contributed by atoms with E-state index in [0.29, 0.717) is 30.3 Å². The van der Waals surface area contributed by atoms with Crippen LogP contribution in [0.5, 0.6) is 11.5 Å². The average molecular weight is 359 g/mol. The number of carbonyl (C=O) groups is 1. The summed E-state index contributed by atoms with van der Waals surface area (Å²) in [5.41, 5.74) is 1.53. The van der Waals surface area contributed by atoms with E-state index in [0.717, 1.165) is 29.9 Å². The maximum Gasteiger partial charge on any atom is 0.255 e. The predicted octanol–water partition coefficient (Wildman–Crippen LogP) is 4.97. The molecule has 1 aromatic heterocycles. The van der Waals surface area contributed by atoms with Crippen LogP contribution in [0.4, 0.5) is 0 Å². The summed E-state index contributed by atoms with van der Waals surface area (Å²) in [7, 11) is 0. The van der Waals surface area contributed by atoms with Gasteiger partial charge in [0.15, 0.2) is 11.5 Å². The van der Waals surface area contributed by atoms with Crippen molar-refractivity contribution >= 4 is 5.91 Å². The molecule has 0 radical (unpaired) electrons. The zero-order valence-corrected chi connectivity index (χ0v) is 16.3. The Kier molecular flexibility index (Phi) is 7.13. The highest BCUT2D eigenvalue weighted by atomic mass is 16.5. The minimum atomic E-state index is -0.165. The zero-order chi connectivity index (χ0) is 19.1. The van der Waals surface area contributed by atoms with Crippen molar-refractivity contribution in [3.8, 4) is 11.5 Å². The second-order valence-electron chi connectivity index (χ2n) is 6.43. The zero-order valence-electron chi connectivity index (χ0n) is 16.3. The number of carbonyl (C=O) groups excluding carboxylic acids is 1. The molecule has 0 fully saturated rings. The Morgan fingerprint density at radius 3 is 2.31 bits per heavy atom. The van der Waals surface area contributed by atoms with Gasteiger partial charge in [0, 0.05) is 0 Å². The van der Waals surface area contributed by atoms with Gasteiger partial charge in [-0.15, -0.1) is 0 Å². The number of hydrogen-bond donors (Lipinski definition) is 1. The molecular weight excluding hydrogens is 330 g/mol. The van der Waals surface area contributed by atoms with E-state index in [1.165, 1.54) is 0 Å². The lowest BCUT2D eigenvalue weighted by molar-refractivity contribution is 0.0938. The molecule has 1 amide bonds. The van der Waals surface area contributed by atoms with E-state index in [2.05, 4.69) is 19.2 Å². The molecule has 5 heteroatoms. The number of amides is 1. The van der Waals surface area contributed by atoms with Crippen LogP contribution in [0.15, 0.2) is 28.7 Å². The fraction of sp³-hybridized carbons (Fsp3) is 0.476. The summed E-state index contributed by atoms with van der Waals surface area (Å²) in [6, 6.07) is 7.41. The van der Waals surface area contributed by atoms with Crippen LogP contribution in [0.2, 0.25) is 0 Å². The first kappa shape index (κ1) is 19.9. The van der Waals surface area contributed by atoms with Crippen LogP contribution in [0.3, 0.4) is 0 Å². The molecule has 2 rings (SSSR count). The van der Waals surface area contributed by atoms with E-state index in [9.17, 15) is 4.79 Å². The number of aryl methyl sites for hydroxylation is 2. The first-order valence-corrected chi connectivity index (χ1v) is 9.23. The molecule has 0 bridgehead atoms. The minimum absolute atomic E-state index is 0.144. The van der Waals surface area contributed by atoms with E-state index >= 15 is 0 Å². The minimum Gasteiger partial charge on any atom is -0.490 e. The van der Waals surface area contributed by atoms with Crippen molar-refractivity contribution in [2.75, 3.05) is 13.2 Å². The summed E-state index contributed by atoms with van der Waals surface area (Å²) in [5.74, 6) is 2.67. The number of benzene rings is 1. The Bertz CT molecular complexity index is 736. The quantitative estimate of drug-likeness (QED) is 0.687. The van der Waals surface area contributed by atoms with Crippen LogP contribution in [0, 0.1) is 13.8 Å². The lowest BCUT2D eigenvalue weighted by Gasteiger charge is -2.18. The average Bonchev–Trinajstić information content (AvgIpc) is 2.96. The third-order valence-electron chi connectivity index (χ3n) is 4.02. The van der Waals surface area contributed by atoms with Crippen LogP contribution < -0.4 is 14.8 Å². The summed E-state index contributed by atoms with van der Waals surface area (Å²) in [5, 5.41) is 3.02. The number of ether oxygens (including phenoxy) is 2. The summed E-state index contributed by atoms with van der Waals surface area (Å²) < 4.78 is 17.0. The molecule has 0 saturated heterocycles. The third-order valence-corrected chi connectivity index (χ3v) is 4.02.